The SMILES string of the molecule is Cc1ccc(C2=CCN(C3CS(=O)(=O)C3)C=C2c2ncnc3oc(-c4ccccc4C)cc23)cc1. The summed E-state index contributed by atoms with van der Waals surface area (Å²) in [5.41, 5.74) is 7.74. The standard InChI is InChI=1S/C28H25N3O3S/c1-18-7-9-20(10-8-18)23-11-12-31(21-15-35(32,33)16-21)14-25(23)27-24-13-26(34-28(24)30-17-29-27)22-6-4-3-5-19(22)2/h3-11,13-14,17,21H,12,15-16H2,1-2H3. The first kappa shape index (κ1) is 21.8. The van der Waals surface area contributed by atoms with E-state index in [0.29, 0.717) is 12.3 Å². The number of nitrogens with zero attached hydrogens (tertiary/aromatic N) is 3. The number of rotatable bonds is 4. The highest BCUT2D eigenvalue weighted by Gasteiger charge is 2.37. The number of hydrogen-bond donors (Lipinski definition) is 0. The third-order valence-electron chi connectivity index (χ3n) is 6.81. The third kappa shape index (κ3) is 3.96. The van der Waals surface area contributed by atoms with Crippen LogP contribution >= 0.6 is 0 Å². The molecule has 176 valence electrons. The van der Waals surface area contributed by atoms with Crippen LogP contribution in [0.5, 0.6) is 0 Å². The van der Waals surface area contributed by atoms with E-state index in [1.165, 1.54) is 11.9 Å². The number of hydrogen-bond acceptors (Lipinski definition) is 6. The van der Waals surface area contributed by atoms with Crippen LogP contribution in [0.4, 0.5) is 0 Å². The van der Waals surface area contributed by atoms with E-state index in [-0.39, 0.29) is 17.5 Å². The Labute approximate surface area is 204 Å². The molecule has 6 rings (SSSR count). The molecule has 0 amide bonds. The zero-order chi connectivity index (χ0) is 24.2. The van der Waals surface area contributed by atoms with Crippen molar-refractivity contribution in [3.8, 4) is 11.3 Å². The van der Waals surface area contributed by atoms with Gasteiger partial charge in [-0.2, -0.15) is 0 Å². The molecular weight excluding hydrogens is 458 g/mol. The van der Waals surface area contributed by atoms with Crippen molar-refractivity contribution in [3.63, 3.8) is 0 Å². The lowest BCUT2D eigenvalue weighted by molar-refractivity contribution is 0.325. The predicted molar refractivity (Wildman–Crippen MR) is 138 cm³/mol. The summed E-state index contributed by atoms with van der Waals surface area (Å²) >= 11 is 0. The maximum Gasteiger partial charge on any atom is 0.230 e. The fourth-order valence-corrected chi connectivity index (χ4v) is 6.28. The molecule has 2 aliphatic rings. The molecule has 4 aromatic rings. The average molecular weight is 484 g/mol. The van der Waals surface area contributed by atoms with Crippen LogP contribution < -0.4 is 0 Å². The Hall–Kier alpha value is -3.71. The zero-order valence-electron chi connectivity index (χ0n) is 19.6. The molecule has 0 saturated carbocycles. The molecule has 7 heteroatoms. The lowest BCUT2D eigenvalue weighted by Gasteiger charge is -2.38. The average Bonchev–Trinajstić information content (AvgIpc) is 3.27. The van der Waals surface area contributed by atoms with Gasteiger partial charge in [-0.15, -0.1) is 0 Å². The number of benzene rings is 2. The first-order valence-electron chi connectivity index (χ1n) is 11.6. The van der Waals surface area contributed by atoms with E-state index < -0.39 is 9.84 Å². The third-order valence-corrected chi connectivity index (χ3v) is 8.60. The van der Waals surface area contributed by atoms with Crippen molar-refractivity contribution in [1.29, 1.82) is 0 Å². The van der Waals surface area contributed by atoms with Gasteiger partial charge in [-0.05, 0) is 36.6 Å². The lowest BCUT2D eigenvalue weighted by atomic mass is 9.91. The Bertz CT molecular complexity index is 1600. The predicted octanol–water partition coefficient (Wildman–Crippen LogP) is 5.04. The van der Waals surface area contributed by atoms with Gasteiger partial charge in [0.05, 0.1) is 28.6 Å². The maximum absolute atomic E-state index is 11.9. The van der Waals surface area contributed by atoms with Crippen molar-refractivity contribution >= 4 is 32.1 Å². The molecule has 0 radical (unpaired) electrons. The molecule has 35 heavy (non-hydrogen) atoms. The molecule has 2 aromatic heterocycles. The molecule has 0 spiro atoms. The number of aromatic nitrogens is 2. The summed E-state index contributed by atoms with van der Waals surface area (Å²) in [6.07, 6.45) is 5.77. The van der Waals surface area contributed by atoms with Gasteiger partial charge in [0.25, 0.3) is 0 Å². The van der Waals surface area contributed by atoms with Crippen LogP contribution in [0.25, 0.3) is 33.6 Å². The zero-order valence-corrected chi connectivity index (χ0v) is 20.4. The Balaban J connectivity index is 1.49. The van der Waals surface area contributed by atoms with Gasteiger partial charge in [0.1, 0.15) is 12.1 Å². The minimum Gasteiger partial charge on any atom is -0.438 e. The summed E-state index contributed by atoms with van der Waals surface area (Å²) in [7, 11) is -2.93. The monoisotopic (exact) mass is 483 g/mol. The number of aryl methyl sites for hydroxylation is 2. The van der Waals surface area contributed by atoms with E-state index in [9.17, 15) is 8.42 Å². The summed E-state index contributed by atoms with van der Waals surface area (Å²) in [4.78, 5) is 11.2. The Morgan fingerprint density at radius 1 is 0.971 bits per heavy atom. The second-order valence-corrected chi connectivity index (χ2v) is 11.5. The lowest BCUT2D eigenvalue weighted by Crippen LogP contribution is -2.51. The van der Waals surface area contributed by atoms with E-state index in [1.807, 2.05) is 24.3 Å². The van der Waals surface area contributed by atoms with Crippen LogP contribution in [0.15, 0.2) is 77.6 Å². The highest BCUT2D eigenvalue weighted by atomic mass is 32.2. The van der Waals surface area contributed by atoms with Crippen LogP contribution in [0.1, 0.15) is 22.4 Å². The molecule has 0 bridgehead atoms. The molecule has 0 aliphatic carbocycles. The van der Waals surface area contributed by atoms with Crippen molar-refractivity contribution < 1.29 is 12.8 Å². The first-order valence-corrected chi connectivity index (χ1v) is 13.5. The van der Waals surface area contributed by atoms with Crippen LogP contribution in [0.2, 0.25) is 0 Å². The molecule has 0 atom stereocenters. The van der Waals surface area contributed by atoms with Gasteiger partial charge in [-0.3, -0.25) is 0 Å². The molecule has 4 heterocycles. The van der Waals surface area contributed by atoms with E-state index >= 15 is 0 Å². The number of furan rings is 1. The Kier molecular flexibility index (Phi) is 5.11. The summed E-state index contributed by atoms with van der Waals surface area (Å²) in [5.74, 6) is 1.12. The van der Waals surface area contributed by atoms with Gasteiger partial charge >= 0.3 is 0 Å². The molecule has 6 nitrogen and oxygen atoms in total. The van der Waals surface area contributed by atoms with E-state index in [4.69, 9.17) is 9.40 Å². The number of fused-ring (bicyclic) bond motifs is 1. The second kappa shape index (κ2) is 8.20. The second-order valence-electron chi connectivity index (χ2n) is 9.32. The summed E-state index contributed by atoms with van der Waals surface area (Å²) in [6.45, 7) is 4.78. The fourth-order valence-electron chi connectivity index (χ4n) is 4.83. The van der Waals surface area contributed by atoms with Gasteiger partial charge < -0.3 is 9.32 Å². The topological polar surface area (TPSA) is 76.3 Å². The summed E-state index contributed by atoms with van der Waals surface area (Å²) in [6, 6.07) is 18.5. The largest absolute Gasteiger partial charge is 0.438 e. The number of sulfone groups is 1. The highest BCUT2D eigenvalue weighted by Crippen LogP contribution is 2.39. The van der Waals surface area contributed by atoms with Crippen molar-refractivity contribution in [2.75, 3.05) is 18.1 Å². The van der Waals surface area contributed by atoms with Crippen molar-refractivity contribution in [2.45, 2.75) is 19.9 Å². The van der Waals surface area contributed by atoms with Gasteiger partial charge in [0.2, 0.25) is 5.71 Å². The normalized spacial score (nSPS) is 17.7. The van der Waals surface area contributed by atoms with E-state index in [0.717, 1.165) is 44.7 Å². The first-order chi connectivity index (χ1) is 16.9. The minimum absolute atomic E-state index is 0.0185. The quantitative estimate of drug-likeness (QED) is 0.405. The van der Waals surface area contributed by atoms with Gasteiger partial charge in [0.15, 0.2) is 9.84 Å². The molecule has 1 fully saturated rings. The van der Waals surface area contributed by atoms with Gasteiger partial charge in [-0.25, -0.2) is 18.4 Å². The molecular formula is C28H25N3O3S. The smallest absolute Gasteiger partial charge is 0.230 e. The molecule has 2 aliphatic heterocycles. The minimum atomic E-state index is -2.93. The van der Waals surface area contributed by atoms with E-state index in [2.05, 4.69) is 66.3 Å². The van der Waals surface area contributed by atoms with Crippen molar-refractivity contribution in [1.82, 2.24) is 14.9 Å². The molecule has 0 N–H and O–H groups in total. The Morgan fingerprint density at radius 3 is 2.49 bits per heavy atom. The van der Waals surface area contributed by atoms with Gasteiger partial charge in [0, 0.05) is 23.9 Å². The summed E-state index contributed by atoms with van der Waals surface area (Å²) in [5, 5.41) is 0.832. The summed E-state index contributed by atoms with van der Waals surface area (Å²) < 4.78 is 29.9. The van der Waals surface area contributed by atoms with Crippen molar-refractivity contribution in [2.24, 2.45) is 0 Å². The van der Waals surface area contributed by atoms with Crippen LogP contribution in [-0.2, 0) is 9.84 Å². The molecule has 2 aromatic carbocycles. The fraction of sp³-hybridized carbons (Fsp3) is 0.214. The van der Waals surface area contributed by atoms with Gasteiger partial charge in [-0.1, -0.05) is 60.2 Å². The molecule has 1 saturated heterocycles. The maximum atomic E-state index is 11.9. The number of allylic oxidation sites excluding steroid dienone is 2. The van der Waals surface area contributed by atoms with Crippen molar-refractivity contribution in [3.05, 3.63) is 95.6 Å². The Morgan fingerprint density at radius 2 is 1.74 bits per heavy atom. The van der Waals surface area contributed by atoms with E-state index in [1.54, 1.807) is 0 Å². The molecule has 0 unspecified atom stereocenters. The van der Waals surface area contributed by atoms with Crippen LogP contribution in [0.3, 0.4) is 0 Å². The van der Waals surface area contributed by atoms with Crippen LogP contribution in [0, 0.1) is 13.8 Å². The van der Waals surface area contributed by atoms with Crippen LogP contribution in [-0.4, -0.2) is 47.4 Å². The highest BCUT2D eigenvalue weighted by molar-refractivity contribution is 7.92.